The molecule has 0 heterocycles. The molecule has 0 aromatic heterocycles. The lowest BCUT2D eigenvalue weighted by atomic mass is 9.67. The molecule has 2 N–H and O–H groups in total. The quantitative estimate of drug-likeness (QED) is 0.786. The van der Waals surface area contributed by atoms with Crippen LogP contribution in [-0.4, -0.2) is 23.5 Å². The minimum atomic E-state index is -0.810. The standard InChI is InChI=1S/C16H27NO3/c1-3-11-8-12(13(9-11)15(19)20)14(18)17-10-16(4-2)6-5-7-16/h11-13H,3-10H2,1-2H3,(H,17,18)(H,19,20)/t11?,12-,13+/m0/s1. The Labute approximate surface area is 121 Å². The van der Waals surface area contributed by atoms with E-state index in [2.05, 4.69) is 19.2 Å². The molecule has 0 saturated heterocycles. The van der Waals surface area contributed by atoms with Crippen LogP contribution in [0.25, 0.3) is 0 Å². The summed E-state index contributed by atoms with van der Waals surface area (Å²) in [7, 11) is 0. The number of amides is 1. The number of nitrogens with one attached hydrogen (secondary N) is 1. The van der Waals surface area contributed by atoms with Crippen LogP contribution >= 0.6 is 0 Å². The SMILES string of the molecule is CCC1C[C@H](C(=O)NCC2(CC)CCC2)[C@H](C(=O)O)C1. The predicted octanol–water partition coefficient (Wildman–Crippen LogP) is 2.82. The van der Waals surface area contributed by atoms with Crippen molar-refractivity contribution >= 4 is 11.9 Å². The fourth-order valence-corrected chi connectivity index (χ4v) is 3.78. The number of carboxylic acids is 1. The maximum absolute atomic E-state index is 12.3. The molecule has 20 heavy (non-hydrogen) atoms. The van der Waals surface area contributed by atoms with Crippen LogP contribution in [0.3, 0.4) is 0 Å². The van der Waals surface area contributed by atoms with Gasteiger partial charge in [0.1, 0.15) is 0 Å². The van der Waals surface area contributed by atoms with Gasteiger partial charge in [0.15, 0.2) is 0 Å². The van der Waals surface area contributed by atoms with Gasteiger partial charge in [-0.2, -0.15) is 0 Å². The smallest absolute Gasteiger partial charge is 0.307 e. The highest BCUT2D eigenvalue weighted by molar-refractivity contribution is 5.85. The Morgan fingerprint density at radius 1 is 1.20 bits per heavy atom. The van der Waals surface area contributed by atoms with Gasteiger partial charge in [0.05, 0.1) is 11.8 Å². The van der Waals surface area contributed by atoms with E-state index < -0.39 is 11.9 Å². The summed E-state index contributed by atoms with van der Waals surface area (Å²) in [5.74, 6) is -1.27. The first-order chi connectivity index (χ1) is 9.51. The van der Waals surface area contributed by atoms with Gasteiger partial charge in [-0.15, -0.1) is 0 Å². The Kier molecular flexibility index (Phi) is 4.71. The van der Waals surface area contributed by atoms with E-state index in [9.17, 15) is 14.7 Å². The number of hydrogen-bond acceptors (Lipinski definition) is 2. The molecule has 0 aromatic rings. The molecule has 4 nitrogen and oxygen atoms in total. The summed E-state index contributed by atoms with van der Waals surface area (Å²) in [6.45, 7) is 4.97. The number of carbonyl (C=O) groups is 2. The lowest BCUT2D eigenvalue weighted by Gasteiger charge is -2.41. The van der Waals surface area contributed by atoms with Crippen LogP contribution < -0.4 is 5.32 Å². The summed E-state index contributed by atoms with van der Waals surface area (Å²) >= 11 is 0. The number of rotatable bonds is 6. The highest BCUT2D eigenvalue weighted by atomic mass is 16.4. The molecule has 114 valence electrons. The van der Waals surface area contributed by atoms with Gasteiger partial charge in [-0.3, -0.25) is 9.59 Å². The molecular weight excluding hydrogens is 254 g/mol. The average Bonchev–Trinajstić information content (AvgIpc) is 2.82. The van der Waals surface area contributed by atoms with E-state index >= 15 is 0 Å². The van der Waals surface area contributed by atoms with Crippen molar-refractivity contribution in [3.8, 4) is 0 Å². The molecule has 0 aromatic carbocycles. The van der Waals surface area contributed by atoms with Crippen LogP contribution in [0.5, 0.6) is 0 Å². The van der Waals surface area contributed by atoms with Crippen LogP contribution in [0.1, 0.15) is 58.8 Å². The van der Waals surface area contributed by atoms with E-state index in [1.807, 2.05) is 0 Å². The Bertz CT molecular complexity index is 370. The van der Waals surface area contributed by atoms with Crippen molar-refractivity contribution in [2.45, 2.75) is 58.8 Å². The summed E-state index contributed by atoms with van der Waals surface area (Å²) in [5.41, 5.74) is 0.289. The Morgan fingerprint density at radius 2 is 1.85 bits per heavy atom. The lowest BCUT2D eigenvalue weighted by Crippen LogP contribution is -2.44. The second kappa shape index (κ2) is 6.15. The molecular formula is C16H27NO3. The number of aliphatic carboxylic acids is 1. The number of carboxylic acid groups (broad SMARTS) is 1. The summed E-state index contributed by atoms with van der Waals surface area (Å²) < 4.78 is 0. The molecule has 2 aliphatic rings. The normalized spacial score (nSPS) is 31.6. The molecule has 3 atom stereocenters. The van der Waals surface area contributed by atoms with Gasteiger partial charge in [-0.25, -0.2) is 0 Å². The third kappa shape index (κ3) is 2.99. The van der Waals surface area contributed by atoms with Crippen molar-refractivity contribution in [2.24, 2.45) is 23.2 Å². The molecule has 2 saturated carbocycles. The molecule has 1 amide bonds. The van der Waals surface area contributed by atoms with Gasteiger partial charge in [0.2, 0.25) is 5.91 Å². The van der Waals surface area contributed by atoms with E-state index in [0.717, 1.165) is 25.8 Å². The van der Waals surface area contributed by atoms with Crippen LogP contribution in [0.2, 0.25) is 0 Å². The fourth-order valence-electron chi connectivity index (χ4n) is 3.78. The molecule has 2 fully saturated rings. The van der Waals surface area contributed by atoms with Crippen LogP contribution in [0.4, 0.5) is 0 Å². The van der Waals surface area contributed by atoms with Crippen molar-refractivity contribution in [3.63, 3.8) is 0 Å². The molecule has 0 radical (unpaired) electrons. The van der Waals surface area contributed by atoms with E-state index in [4.69, 9.17) is 0 Å². The Morgan fingerprint density at radius 3 is 2.30 bits per heavy atom. The zero-order chi connectivity index (χ0) is 14.8. The minimum absolute atomic E-state index is 0.0342. The highest BCUT2D eigenvalue weighted by Crippen LogP contribution is 2.43. The van der Waals surface area contributed by atoms with Crippen molar-refractivity contribution in [2.75, 3.05) is 6.54 Å². The molecule has 1 unspecified atom stereocenters. The van der Waals surface area contributed by atoms with E-state index in [1.54, 1.807) is 0 Å². The zero-order valence-electron chi connectivity index (χ0n) is 12.7. The van der Waals surface area contributed by atoms with Crippen LogP contribution in [-0.2, 0) is 9.59 Å². The first-order valence-corrected chi connectivity index (χ1v) is 8.02. The molecule has 0 bridgehead atoms. The number of carbonyl (C=O) groups excluding carboxylic acids is 1. The topological polar surface area (TPSA) is 66.4 Å². The predicted molar refractivity (Wildman–Crippen MR) is 77.2 cm³/mol. The summed E-state index contributed by atoms with van der Waals surface area (Å²) in [4.78, 5) is 23.7. The van der Waals surface area contributed by atoms with Crippen molar-refractivity contribution in [1.29, 1.82) is 0 Å². The molecule has 2 rings (SSSR count). The molecule has 0 spiro atoms. The minimum Gasteiger partial charge on any atom is -0.481 e. The van der Waals surface area contributed by atoms with E-state index in [0.29, 0.717) is 12.3 Å². The van der Waals surface area contributed by atoms with Gasteiger partial charge in [0, 0.05) is 6.54 Å². The van der Waals surface area contributed by atoms with Crippen molar-refractivity contribution < 1.29 is 14.7 Å². The first kappa shape index (κ1) is 15.3. The third-order valence-corrected chi connectivity index (χ3v) is 5.69. The fraction of sp³-hybridized carbons (Fsp3) is 0.875. The lowest BCUT2D eigenvalue weighted by molar-refractivity contribution is -0.146. The molecule has 0 aliphatic heterocycles. The summed E-state index contributed by atoms with van der Waals surface area (Å²) in [6, 6.07) is 0. The maximum Gasteiger partial charge on any atom is 0.307 e. The first-order valence-electron chi connectivity index (χ1n) is 8.02. The van der Waals surface area contributed by atoms with Gasteiger partial charge < -0.3 is 10.4 Å². The van der Waals surface area contributed by atoms with Gasteiger partial charge in [-0.05, 0) is 43.4 Å². The van der Waals surface area contributed by atoms with Gasteiger partial charge >= 0.3 is 5.97 Å². The summed E-state index contributed by atoms with van der Waals surface area (Å²) in [5, 5.41) is 12.3. The second-order valence-electron chi connectivity index (χ2n) is 6.72. The van der Waals surface area contributed by atoms with Crippen molar-refractivity contribution in [1.82, 2.24) is 5.32 Å². The third-order valence-electron chi connectivity index (χ3n) is 5.69. The maximum atomic E-state index is 12.3. The Hall–Kier alpha value is -1.06. The van der Waals surface area contributed by atoms with E-state index in [1.165, 1.54) is 19.3 Å². The zero-order valence-corrected chi connectivity index (χ0v) is 12.7. The summed E-state index contributed by atoms with van der Waals surface area (Å²) in [6.07, 6.45) is 7.08. The molecule has 4 heteroatoms. The van der Waals surface area contributed by atoms with E-state index in [-0.39, 0.29) is 17.2 Å². The van der Waals surface area contributed by atoms with Crippen LogP contribution in [0, 0.1) is 23.2 Å². The van der Waals surface area contributed by atoms with Crippen LogP contribution in [0.15, 0.2) is 0 Å². The number of hydrogen-bond donors (Lipinski definition) is 2. The van der Waals surface area contributed by atoms with Gasteiger partial charge in [0.25, 0.3) is 0 Å². The second-order valence-corrected chi connectivity index (χ2v) is 6.72. The molecule has 2 aliphatic carbocycles. The average molecular weight is 281 g/mol. The monoisotopic (exact) mass is 281 g/mol. The largest absolute Gasteiger partial charge is 0.481 e. The highest BCUT2D eigenvalue weighted by Gasteiger charge is 2.43. The Balaban J connectivity index is 1.91. The van der Waals surface area contributed by atoms with Crippen molar-refractivity contribution in [3.05, 3.63) is 0 Å². The van der Waals surface area contributed by atoms with Gasteiger partial charge in [-0.1, -0.05) is 26.7 Å².